The highest BCUT2D eigenvalue weighted by Gasteiger charge is 2.47. The molecule has 0 aromatic heterocycles. The van der Waals surface area contributed by atoms with Gasteiger partial charge in [-0.15, -0.1) is 0 Å². The van der Waals surface area contributed by atoms with Crippen molar-refractivity contribution in [2.75, 3.05) is 6.61 Å². The zero-order chi connectivity index (χ0) is 15.3. The van der Waals surface area contributed by atoms with Crippen LogP contribution >= 0.6 is 0 Å². The summed E-state index contributed by atoms with van der Waals surface area (Å²) < 4.78 is 5.33. The van der Waals surface area contributed by atoms with Crippen LogP contribution in [0.4, 0.5) is 0 Å². The van der Waals surface area contributed by atoms with Crippen LogP contribution < -0.4 is 0 Å². The Kier molecular flexibility index (Phi) is 3.54. The number of rotatable bonds is 1. The molecule has 1 saturated carbocycles. The number of esters is 1. The Balaban J connectivity index is 1.94. The largest absolute Gasteiger partial charge is 0.465 e. The first-order valence-corrected chi connectivity index (χ1v) is 8.40. The van der Waals surface area contributed by atoms with Crippen molar-refractivity contribution in [2.24, 2.45) is 22.7 Å². The van der Waals surface area contributed by atoms with E-state index >= 15 is 0 Å². The third-order valence-electron chi connectivity index (χ3n) is 5.89. The monoisotopic (exact) mass is 288 g/mol. The zero-order valence-electron chi connectivity index (χ0n) is 13.9. The molecule has 2 fully saturated rings. The number of hydrogen-bond acceptors (Lipinski definition) is 2. The standard InChI is InChI=1S/C19H28O2/c1-5-13-15-11-21-17(20)14(15)7-8-16(13)19(4)10-6-9-18(2,3)12-19/h5,8,14-15H,6-7,9-12H2,1-4H3/b13-5-/t14-,15+,19+/m1/s1. The van der Waals surface area contributed by atoms with E-state index in [1.807, 2.05) is 0 Å². The van der Waals surface area contributed by atoms with Gasteiger partial charge in [-0.2, -0.15) is 0 Å². The van der Waals surface area contributed by atoms with Gasteiger partial charge < -0.3 is 4.74 Å². The van der Waals surface area contributed by atoms with Crippen LogP contribution in [0.1, 0.15) is 59.8 Å². The fourth-order valence-corrected chi connectivity index (χ4v) is 5.07. The van der Waals surface area contributed by atoms with Crippen LogP contribution in [0, 0.1) is 22.7 Å². The van der Waals surface area contributed by atoms with Gasteiger partial charge in [0.05, 0.1) is 12.5 Å². The highest BCUT2D eigenvalue weighted by Crippen LogP contribution is 2.55. The second-order valence-electron chi connectivity index (χ2n) is 8.20. The van der Waals surface area contributed by atoms with E-state index in [9.17, 15) is 4.79 Å². The minimum Gasteiger partial charge on any atom is -0.465 e. The maximum Gasteiger partial charge on any atom is 0.310 e. The topological polar surface area (TPSA) is 26.3 Å². The molecule has 0 aromatic carbocycles. The number of carbonyl (C=O) groups excluding carboxylic acids is 1. The number of cyclic esters (lactones) is 1. The van der Waals surface area contributed by atoms with E-state index < -0.39 is 0 Å². The molecule has 2 nitrogen and oxygen atoms in total. The maximum absolute atomic E-state index is 11.9. The molecule has 0 amide bonds. The molecule has 0 spiro atoms. The molecule has 3 rings (SSSR count). The van der Waals surface area contributed by atoms with E-state index in [4.69, 9.17) is 4.74 Å². The number of ether oxygens (including phenoxy) is 1. The lowest BCUT2D eigenvalue weighted by Crippen LogP contribution is -2.36. The summed E-state index contributed by atoms with van der Waals surface area (Å²) in [5, 5.41) is 0. The Labute approximate surface area is 128 Å². The van der Waals surface area contributed by atoms with Crippen LogP contribution in [0.5, 0.6) is 0 Å². The van der Waals surface area contributed by atoms with Crippen molar-refractivity contribution in [3.05, 3.63) is 23.3 Å². The van der Waals surface area contributed by atoms with Crippen LogP contribution in [-0.4, -0.2) is 12.6 Å². The van der Waals surface area contributed by atoms with Gasteiger partial charge in [-0.25, -0.2) is 0 Å². The summed E-state index contributed by atoms with van der Waals surface area (Å²) in [7, 11) is 0. The molecule has 0 N–H and O–H groups in total. The average molecular weight is 288 g/mol. The van der Waals surface area contributed by atoms with Crippen molar-refractivity contribution in [1.29, 1.82) is 0 Å². The third kappa shape index (κ3) is 2.47. The molecule has 0 unspecified atom stereocenters. The summed E-state index contributed by atoms with van der Waals surface area (Å²) in [5.74, 6) is 0.369. The fourth-order valence-electron chi connectivity index (χ4n) is 5.07. The minimum atomic E-state index is 0.00350. The van der Waals surface area contributed by atoms with Crippen LogP contribution in [0.25, 0.3) is 0 Å². The Hall–Kier alpha value is -1.05. The first-order valence-electron chi connectivity index (χ1n) is 8.40. The highest BCUT2D eigenvalue weighted by molar-refractivity contribution is 5.77. The van der Waals surface area contributed by atoms with Crippen molar-refractivity contribution < 1.29 is 9.53 Å². The fraction of sp³-hybridized carbons (Fsp3) is 0.737. The predicted octanol–water partition coefficient (Wildman–Crippen LogP) is 4.66. The van der Waals surface area contributed by atoms with Crippen LogP contribution in [0.3, 0.4) is 0 Å². The maximum atomic E-state index is 11.9. The van der Waals surface area contributed by atoms with Gasteiger partial charge in [0.15, 0.2) is 0 Å². The number of allylic oxidation sites excluding steroid dienone is 3. The van der Waals surface area contributed by atoms with Crippen molar-refractivity contribution in [1.82, 2.24) is 0 Å². The second-order valence-corrected chi connectivity index (χ2v) is 8.20. The molecule has 1 aliphatic heterocycles. The lowest BCUT2D eigenvalue weighted by Gasteiger charge is -2.47. The minimum absolute atomic E-state index is 0.00350. The van der Waals surface area contributed by atoms with Crippen LogP contribution in [0.2, 0.25) is 0 Å². The predicted molar refractivity (Wildman–Crippen MR) is 84.8 cm³/mol. The molecule has 2 aliphatic carbocycles. The van der Waals surface area contributed by atoms with Gasteiger partial charge in [0.1, 0.15) is 0 Å². The molecule has 116 valence electrons. The van der Waals surface area contributed by atoms with E-state index in [1.54, 1.807) is 0 Å². The van der Waals surface area contributed by atoms with Gasteiger partial charge in [-0.3, -0.25) is 4.79 Å². The Morgan fingerprint density at radius 1 is 1.24 bits per heavy atom. The van der Waals surface area contributed by atoms with Crippen molar-refractivity contribution in [2.45, 2.75) is 59.8 Å². The summed E-state index contributed by atoms with van der Waals surface area (Å²) in [5.41, 5.74) is 3.58. The van der Waals surface area contributed by atoms with Gasteiger partial charge in [0.25, 0.3) is 0 Å². The summed E-state index contributed by atoms with van der Waals surface area (Å²) in [6.45, 7) is 9.93. The Morgan fingerprint density at radius 3 is 2.67 bits per heavy atom. The van der Waals surface area contributed by atoms with E-state index in [2.05, 4.69) is 39.8 Å². The molecule has 3 aliphatic rings. The van der Waals surface area contributed by atoms with E-state index in [-0.39, 0.29) is 17.3 Å². The molecule has 0 bridgehead atoms. The summed E-state index contributed by atoms with van der Waals surface area (Å²) in [6.07, 6.45) is 10.6. The van der Waals surface area contributed by atoms with Crippen molar-refractivity contribution in [3.8, 4) is 0 Å². The van der Waals surface area contributed by atoms with E-state index in [1.165, 1.54) is 36.8 Å². The lowest BCUT2D eigenvalue weighted by atomic mass is 9.58. The lowest BCUT2D eigenvalue weighted by molar-refractivity contribution is -0.141. The molecule has 1 heterocycles. The summed E-state index contributed by atoms with van der Waals surface area (Å²) in [6, 6.07) is 0. The molecule has 0 aromatic rings. The molecule has 21 heavy (non-hydrogen) atoms. The van der Waals surface area contributed by atoms with Gasteiger partial charge in [0.2, 0.25) is 0 Å². The first-order chi connectivity index (χ1) is 9.86. The Bertz CT molecular complexity index is 512. The molecular formula is C19H28O2. The highest BCUT2D eigenvalue weighted by atomic mass is 16.5. The van der Waals surface area contributed by atoms with Crippen LogP contribution in [0.15, 0.2) is 23.3 Å². The average Bonchev–Trinajstić information content (AvgIpc) is 2.78. The molecule has 3 atom stereocenters. The first kappa shape index (κ1) is 14.9. The smallest absolute Gasteiger partial charge is 0.310 e. The summed E-state index contributed by atoms with van der Waals surface area (Å²) in [4.78, 5) is 11.9. The van der Waals surface area contributed by atoms with Gasteiger partial charge >= 0.3 is 5.97 Å². The molecule has 0 radical (unpaired) electrons. The molecule has 1 saturated heterocycles. The zero-order valence-corrected chi connectivity index (χ0v) is 13.9. The Morgan fingerprint density at radius 2 is 2.00 bits per heavy atom. The van der Waals surface area contributed by atoms with Crippen molar-refractivity contribution in [3.63, 3.8) is 0 Å². The number of fused-ring (bicyclic) bond motifs is 1. The van der Waals surface area contributed by atoms with E-state index in [0.717, 1.165) is 6.42 Å². The number of carbonyl (C=O) groups is 1. The SMILES string of the molecule is C/C=C1\C([C@@]2(C)CCCC(C)(C)C2)=CC[C@H]2C(=O)OC[C@@H]12. The van der Waals surface area contributed by atoms with Gasteiger partial charge in [-0.1, -0.05) is 39.3 Å². The summed E-state index contributed by atoms with van der Waals surface area (Å²) >= 11 is 0. The molecule has 2 heteroatoms. The second kappa shape index (κ2) is 5.00. The number of hydrogen-bond donors (Lipinski definition) is 0. The van der Waals surface area contributed by atoms with E-state index in [0.29, 0.717) is 17.9 Å². The molecular weight excluding hydrogens is 260 g/mol. The van der Waals surface area contributed by atoms with Gasteiger partial charge in [-0.05, 0) is 54.6 Å². The quantitative estimate of drug-likeness (QED) is 0.656. The van der Waals surface area contributed by atoms with Crippen LogP contribution in [-0.2, 0) is 9.53 Å². The third-order valence-corrected chi connectivity index (χ3v) is 5.89. The van der Waals surface area contributed by atoms with Gasteiger partial charge in [0, 0.05) is 5.92 Å². The van der Waals surface area contributed by atoms with Crippen molar-refractivity contribution >= 4 is 5.97 Å². The normalized spacial score (nSPS) is 40.7.